The lowest BCUT2D eigenvalue weighted by Crippen LogP contribution is -2.16. The van der Waals surface area contributed by atoms with E-state index in [0.717, 1.165) is 35.6 Å². The molecule has 0 bridgehead atoms. The molecule has 0 aliphatic carbocycles. The average Bonchev–Trinajstić information content (AvgIpc) is 2.49. The lowest BCUT2D eigenvalue weighted by molar-refractivity contribution is -0.107. The van der Waals surface area contributed by atoms with E-state index in [2.05, 4.69) is 0 Å². The van der Waals surface area contributed by atoms with Crippen molar-refractivity contribution in [2.75, 3.05) is 11.4 Å². The van der Waals surface area contributed by atoms with Crippen molar-refractivity contribution in [2.45, 2.75) is 6.42 Å². The second-order valence-electron chi connectivity index (χ2n) is 2.79. The van der Waals surface area contributed by atoms with Crippen molar-refractivity contribution in [3.05, 3.63) is 28.8 Å². The normalized spacial score (nSPS) is 14.6. The Hall–Kier alpha value is -1.02. The van der Waals surface area contributed by atoms with E-state index in [-0.39, 0.29) is 0 Å². The van der Waals surface area contributed by atoms with E-state index in [0.29, 0.717) is 0 Å². The van der Waals surface area contributed by atoms with Gasteiger partial charge in [0.25, 0.3) is 0 Å². The minimum atomic E-state index is 0.753. The third kappa shape index (κ3) is 0.994. The molecule has 1 aliphatic heterocycles. The monoisotopic (exact) mass is 181 g/mol. The summed E-state index contributed by atoms with van der Waals surface area (Å²) < 4.78 is 0. The summed E-state index contributed by atoms with van der Waals surface area (Å²) in [6.07, 6.45) is 1.72. The van der Waals surface area contributed by atoms with Crippen molar-refractivity contribution >= 4 is 23.7 Å². The van der Waals surface area contributed by atoms with Gasteiger partial charge in [0.15, 0.2) is 0 Å². The summed E-state index contributed by atoms with van der Waals surface area (Å²) in [5.74, 6) is 0. The minimum absolute atomic E-state index is 0.753. The molecule has 0 saturated carbocycles. The average molecular weight is 182 g/mol. The highest BCUT2D eigenvalue weighted by atomic mass is 35.5. The maximum Gasteiger partial charge on any atom is 0.214 e. The van der Waals surface area contributed by atoms with E-state index in [1.807, 2.05) is 18.2 Å². The lowest BCUT2D eigenvalue weighted by atomic mass is 10.2. The first-order valence-corrected chi connectivity index (χ1v) is 4.20. The molecule has 62 valence electrons. The molecule has 0 aromatic heterocycles. The van der Waals surface area contributed by atoms with Crippen molar-refractivity contribution in [2.24, 2.45) is 0 Å². The standard InChI is InChI=1S/C9H8ClNO/c10-8-2-1-3-9-7(8)4-5-11(9)6-12/h1-3,6H,4-5H2. The second kappa shape index (κ2) is 2.79. The molecule has 2 nitrogen and oxygen atoms in total. The van der Waals surface area contributed by atoms with Gasteiger partial charge in [-0.15, -0.1) is 0 Å². The van der Waals surface area contributed by atoms with E-state index in [9.17, 15) is 4.79 Å². The Balaban J connectivity index is 2.52. The van der Waals surface area contributed by atoms with Crippen LogP contribution in [0.2, 0.25) is 5.02 Å². The van der Waals surface area contributed by atoms with Gasteiger partial charge in [-0.3, -0.25) is 4.79 Å². The van der Waals surface area contributed by atoms with Crippen molar-refractivity contribution in [3.8, 4) is 0 Å². The van der Waals surface area contributed by atoms with Gasteiger partial charge in [-0.2, -0.15) is 0 Å². The fourth-order valence-electron chi connectivity index (χ4n) is 1.53. The maximum absolute atomic E-state index is 10.6. The van der Waals surface area contributed by atoms with Crippen LogP contribution < -0.4 is 4.90 Å². The topological polar surface area (TPSA) is 20.3 Å². The molecule has 0 spiro atoms. The molecule has 0 fully saturated rings. The number of carbonyl (C=O) groups excluding carboxylic acids is 1. The summed E-state index contributed by atoms with van der Waals surface area (Å²) in [4.78, 5) is 12.2. The highest BCUT2D eigenvalue weighted by Crippen LogP contribution is 2.31. The van der Waals surface area contributed by atoms with Crippen LogP contribution in [-0.4, -0.2) is 13.0 Å². The predicted molar refractivity (Wildman–Crippen MR) is 48.6 cm³/mol. The molecule has 2 rings (SSSR count). The molecule has 0 radical (unpaired) electrons. The van der Waals surface area contributed by atoms with Crippen LogP contribution in [0, 0.1) is 0 Å². The molecular formula is C9H8ClNO. The molecule has 0 unspecified atom stereocenters. The summed E-state index contributed by atoms with van der Waals surface area (Å²) in [7, 11) is 0. The van der Waals surface area contributed by atoms with Gasteiger partial charge < -0.3 is 4.90 Å². The molecular weight excluding hydrogens is 174 g/mol. The van der Waals surface area contributed by atoms with E-state index in [1.165, 1.54) is 0 Å². The van der Waals surface area contributed by atoms with E-state index in [1.54, 1.807) is 4.90 Å². The fraction of sp³-hybridized carbons (Fsp3) is 0.222. The predicted octanol–water partition coefficient (Wildman–Crippen LogP) is 1.86. The molecule has 1 heterocycles. The van der Waals surface area contributed by atoms with Crippen LogP contribution in [0.15, 0.2) is 18.2 Å². The first-order valence-electron chi connectivity index (χ1n) is 3.82. The summed E-state index contributed by atoms with van der Waals surface area (Å²) in [5.41, 5.74) is 2.05. The third-order valence-corrected chi connectivity index (χ3v) is 2.49. The van der Waals surface area contributed by atoms with Gasteiger partial charge in [0.2, 0.25) is 6.41 Å². The quantitative estimate of drug-likeness (QED) is 0.606. The number of anilines is 1. The number of benzene rings is 1. The van der Waals surface area contributed by atoms with Crippen LogP contribution in [0.1, 0.15) is 5.56 Å². The van der Waals surface area contributed by atoms with E-state index in [4.69, 9.17) is 11.6 Å². The van der Waals surface area contributed by atoms with Crippen LogP contribution in [-0.2, 0) is 11.2 Å². The number of nitrogens with zero attached hydrogens (tertiary/aromatic N) is 1. The Morgan fingerprint density at radius 3 is 3.08 bits per heavy atom. The fourth-order valence-corrected chi connectivity index (χ4v) is 1.79. The van der Waals surface area contributed by atoms with E-state index >= 15 is 0 Å². The summed E-state index contributed by atoms with van der Waals surface area (Å²) >= 11 is 5.95. The number of carbonyl (C=O) groups is 1. The van der Waals surface area contributed by atoms with Crippen LogP contribution in [0.4, 0.5) is 5.69 Å². The number of rotatable bonds is 1. The zero-order valence-corrected chi connectivity index (χ0v) is 7.21. The molecule has 0 N–H and O–H groups in total. The Labute approximate surface area is 75.7 Å². The summed E-state index contributed by atoms with van der Waals surface area (Å²) in [6.45, 7) is 0.753. The number of amides is 1. The Morgan fingerprint density at radius 2 is 2.33 bits per heavy atom. The molecule has 3 heteroatoms. The number of fused-ring (bicyclic) bond motifs is 1. The van der Waals surface area contributed by atoms with Crippen molar-refractivity contribution in [1.82, 2.24) is 0 Å². The molecule has 1 aromatic rings. The van der Waals surface area contributed by atoms with Gasteiger partial charge >= 0.3 is 0 Å². The van der Waals surface area contributed by atoms with Gasteiger partial charge in [-0.1, -0.05) is 17.7 Å². The summed E-state index contributed by atoms with van der Waals surface area (Å²) in [5, 5.41) is 0.761. The van der Waals surface area contributed by atoms with Gasteiger partial charge in [0.05, 0.1) is 0 Å². The van der Waals surface area contributed by atoms with Crippen LogP contribution in [0.25, 0.3) is 0 Å². The zero-order chi connectivity index (χ0) is 8.55. The minimum Gasteiger partial charge on any atom is -0.314 e. The Morgan fingerprint density at radius 1 is 1.50 bits per heavy atom. The first-order chi connectivity index (χ1) is 5.83. The van der Waals surface area contributed by atoms with Crippen molar-refractivity contribution in [3.63, 3.8) is 0 Å². The Kier molecular flexibility index (Phi) is 1.77. The third-order valence-electron chi connectivity index (χ3n) is 2.13. The molecule has 1 amide bonds. The first kappa shape index (κ1) is 7.62. The molecule has 1 aromatic carbocycles. The van der Waals surface area contributed by atoms with Gasteiger partial charge in [0, 0.05) is 17.3 Å². The zero-order valence-electron chi connectivity index (χ0n) is 6.46. The largest absolute Gasteiger partial charge is 0.314 e. The van der Waals surface area contributed by atoms with Crippen molar-refractivity contribution in [1.29, 1.82) is 0 Å². The summed E-state index contributed by atoms with van der Waals surface area (Å²) in [6, 6.07) is 5.64. The smallest absolute Gasteiger partial charge is 0.214 e. The van der Waals surface area contributed by atoms with Gasteiger partial charge in [0.1, 0.15) is 0 Å². The van der Waals surface area contributed by atoms with Crippen molar-refractivity contribution < 1.29 is 4.79 Å². The van der Waals surface area contributed by atoms with Gasteiger partial charge in [-0.25, -0.2) is 0 Å². The highest BCUT2D eigenvalue weighted by Gasteiger charge is 2.19. The highest BCUT2D eigenvalue weighted by molar-refractivity contribution is 6.32. The Bertz CT molecular complexity index is 324. The molecule has 0 saturated heterocycles. The SMILES string of the molecule is O=CN1CCc2c(Cl)cccc21. The van der Waals surface area contributed by atoms with Crippen LogP contribution in [0.5, 0.6) is 0 Å². The molecule has 12 heavy (non-hydrogen) atoms. The van der Waals surface area contributed by atoms with E-state index < -0.39 is 0 Å². The molecule has 0 atom stereocenters. The second-order valence-corrected chi connectivity index (χ2v) is 3.19. The molecule has 1 aliphatic rings. The van der Waals surface area contributed by atoms with Crippen LogP contribution in [0.3, 0.4) is 0 Å². The van der Waals surface area contributed by atoms with Crippen LogP contribution >= 0.6 is 11.6 Å². The number of hydrogen-bond acceptors (Lipinski definition) is 1. The lowest BCUT2D eigenvalue weighted by Gasteiger charge is -2.09. The maximum atomic E-state index is 10.6. The number of halogens is 1. The number of hydrogen-bond donors (Lipinski definition) is 0. The van der Waals surface area contributed by atoms with Gasteiger partial charge in [-0.05, 0) is 24.1 Å².